The Morgan fingerprint density at radius 2 is 2.04 bits per heavy atom. The molecule has 0 atom stereocenters. The van der Waals surface area contributed by atoms with Crippen LogP contribution in [0, 0.1) is 0 Å². The summed E-state index contributed by atoms with van der Waals surface area (Å²) in [5, 5.41) is 4.58. The van der Waals surface area contributed by atoms with Gasteiger partial charge in [0.25, 0.3) is 0 Å². The third-order valence-electron chi connectivity index (χ3n) is 3.11. The zero-order valence-electron chi connectivity index (χ0n) is 12.9. The second kappa shape index (κ2) is 8.60. The van der Waals surface area contributed by atoms with E-state index in [9.17, 15) is 4.79 Å². The molecular formula is C17H17ClN2O2S. The molecule has 120 valence electrons. The van der Waals surface area contributed by atoms with E-state index in [1.807, 2.05) is 42.7 Å². The fourth-order valence-corrected chi connectivity index (χ4v) is 2.76. The number of hydrogen-bond acceptors (Lipinski definition) is 4. The van der Waals surface area contributed by atoms with Crippen LogP contribution in [0.1, 0.15) is 11.1 Å². The molecule has 23 heavy (non-hydrogen) atoms. The predicted octanol–water partition coefficient (Wildman–Crippen LogP) is 3.76. The number of rotatable bonds is 6. The average Bonchev–Trinajstić information content (AvgIpc) is 2.56. The number of hydrogen-bond donors (Lipinski definition) is 1. The maximum absolute atomic E-state index is 12.0. The molecule has 0 unspecified atom stereocenters. The van der Waals surface area contributed by atoms with Gasteiger partial charge >= 0.3 is 0 Å². The topological polar surface area (TPSA) is 50.7 Å². The van der Waals surface area contributed by atoms with E-state index in [1.54, 1.807) is 31.2 Å². The lowest BCUT2D eigenvalue weighted by atomic mass is 10.1. The average molecular weight is 349 g/mol. The molecule has 0 spiro atoms. The Morgan fingerprint density at radius 1 is 1.30 bits per heavy atom. The summed E-state index contributed by atoms with van der Waals surface area (Å²) in [5.74, 6) is 0.587. The number of halogens is 1. The third-order valence-corrected chi connectivity index (χ3v) is 4.19. The second-order valence-corrected chi connectivity index (χ2v) is 5.98. The van der Waals surface area contributed by atoms with Crippen LogP contribution in [0.3, 0.4) is 0 Å². The predicted molar refractivity (Wildman–Crippen MR) is 95.7 cm³/mol. The summed E-state index contributed by atoms with van der Waals surface area (Å²) in [4.78, 5) is 13.0. The van der Waals surface area contributed by atoms with Crippen molar-refractivity contribution in [1.82, 2.24) is 5.43 Å². The van der Waals surface area contributed by atoms with Crippen molar-refractivity contribution in [3.63, 3.8) is 0 Å². The van der Waals surface area contributed by atoms with Crippen molar-refractivity contribution in [2.75, 3.05) is 13.4 Å². The van der Waals surface area contributed by atoms with E-state index in [-0.39, 0.29) is 12.3 Å². The maximum atomic E-state index is 12.0. The lowest BCUT2D eigenvalue weighted by Gasteiger charge is -2.07. The number of amides is 1. The molecule has 0 aliphatic rings. The minimum atomic E-state index is -0.188. The van der Waals surface area contributed by atoms with Gasteiger partial charge in [0.1, 0.15) is 5.75 Å². The maximum Gasteiger partial charge on any atom is 0.244 e. The molecule has 0 radical (unpaired) electrons. The molecule has 6 heteroatoms. The molecule has 2 aromatic carbocycles. The van der Waals surface area contributed by atoms with Gasteiger partial charge in [0.15, 0.2) is 0 Å². The molecule has 0 bridgehead atoms. The molecule has 2 rings (SSSR count). The van der Waals surface area contributed by atoms with E-state index in [0.717, 1.165) is 21.8 Å². The van der Waals surface area contributed by atoms with Crippen molar-refractivity contribution in [3.05, 3.63) is 58.6 Å². The molecule has 0 aliphatic heterocycles. The van der Waals surface area contributed by atoms with Gasteiger partial charge in [-0.3, -0.25) is 4.79 Å². The van der Waals surface area contributed by atoms with Gasteiger partial charge in [0, 0.05) is 9.92 Å². The Bertz CT molecular complexity index is 702. The van der Waals surface area contributed by atoms with Crippen LogP contribution in [-0.4, -0.2) is 25.5 Å². The zero-order valence-corrected chi connectivity index (χ0v) is 14.4. The molecule has 0 fully saturated rings. The van der Waals surface area contributed by atoms with Crippen LogP contribution in [0.4, 0.5) is 0 Å². The SMILES string of the molecule is COc1ccc(/C=N\NC(=O)Cc2cc(Cl)ccc2SC)cc1. The Labute approximate surface area is 144 Å². The van der Waals surface area contributed by atoms with Crippen molar-refractivity contribution < 1.29 is 9.53 Å². The van der Waals surface area contributed by atoms with E-state index in [0.29, 0.717) is 5.02 Å². The standard InChI is InChI=1S/C17H17ClN2O2S/c1-22-15-6-3-12(4-7-15)11-19-20-17(21)10-13-9-14(18)5-8-16(13)23-2/h3-9,11H,10H2,1-2H3,(H,20,21)/b19-11-. The van der Waals surface area contributed by atoms with Gasteiger partial charge in [-0.2, -0.15) is 5.10 Å². The van der Waals surface area contributed by atoms with Gasteiger partial charge in [-0.25, -0.2) is 5.43 Å². The van der Waals surface area contributed by atoms with Crippen molar-refractivity contribution >= 4 is 35.5 Å². The highest BCUT2D eigenvalue weighted by Gasteiger charge is 2.08. The summed E-state index contributed by atoms with van der Waals surface area (Å²) < 4.78 is 5.08. The second-order valence-electron chi connectivity index (χ2n) is 4.70. The summed E-state index contributed by atoms with van der Waals surface area (Å²) in [6.45, 7) is 0. The number of thioether (sulfide) groups is 1. The molecule has 0 saturated carbocycles. The van der Waals surface area contributed by atoms with E-state index in [2.05, 4.69) is 10.5 Å². The fraction of sp³-hybridized carbons (Fsp3) is 0.176. The van der Waals surface area contributed by atoms with Crippen LogP contribution < -0.4 is 10.2 Å². The molecular weight excluding hydrogens is 332 g/mol. The van der Waals surface area contributed by atoms with E-state index in [4.69, 9.17) is 16.3 Å². The van der Waals surface area contributed by atoms with Gasteiger partial charge in [0.05, 0.1) is 19.7 Å². The van der Waals surface area contributed by atoms with Gasteiger partial charge in [-0.05, 0) is 59.8 Å². The van der Waals surface area contributed by atoms with Crippen LogP contribution in [0.15, 0.2) is 52.5 Å². The van der Waals surface area contributed by atoms with Crippen molar-refractivity contribution in [2.24, 2.45) is 5.10 Å². The first-order chi connectivity index (χ1) is 11.1. The normalized spacial score (nSPS) is 10.7. The fourth-order valence-electron chi connectivity index (χ4n) is 1.97. The Morgan fingerprint density at radius 3 is 2.70 bits per heavy atom. The van der Waals surface area contributed by atoms with Crippen molar-refractivity contribution in [1.29, 1.82) is 0 Å². The molecule has 1 N–H and O–H groups in total. The number of carbonyl (C=O) groups excluding carboxylic acids is 1. The third kappa shape index (κ3) is 5.30. The van der Waals surface area contributed by atoms with Crippen molar-refractivity contribution in [2.45, 2.75) is 11.3 Å². The van der Waals surface area contributed by atoms with Crippen LogP contribution in [0.2, 0.25) is 5.02 Å². The highest BCUT2D eigenvalue weighted by Crippen LogP contribution is 2.24. The quantitative estimate of drug-likeness (QED) is 0.491. The summed E-state index contributed by atoms with van der Waals surface area (Å²) >= 11 is 7.57. The minimum Gasteiger partial charge on any atom is -0.497 e. The highest BCUT2D eigenvalue weighted by molar-refractivity contribution is 7.98. The number of nitrogens with zero attached hydrogens (tertiary/aromatic N) is 1. The smallest absolute Gasteiger partial charge is 0.244 e. The van der Waals surface area contributed by atoms with E-state index < -0.39 is 0 Å². The van der Waals surface area contributed by atoms with Crippen LogP contribution in [-0.2, 0) is 11.2 Å². The highest BCUT2D eigenvalue weighted by atomic mass is 35.5. The Hall–Kier alpha value is -1.98. The number of ether oxygens (including phenoxy) is 1. The number of hydrazone groups is 1. The van der Waals surface area contributed by atoms with Crippen LogP contribution in [0.25, 0.3) is 0 Å². The largest absolute Gasteiger partial charge is 0.497 e. The molecule has 0 aliphatic carbocycles. The van der Waals surface area contributed by atoms with E-state index in [1.165, 1.54) is 0 Å². The summed E-state index contributed by atoms with van der Waals surface area (Å²) in [6.07, 6.45) is 3.79. The van der Waals surface area contributed by atoms with Crippen LogP contribution in [0.5, 0.6) is 5.75 Å². The summed E-state index contributed by atoms with van der Waals surface area (Å²) in [6, 6.07) is 12.9. The van der Waals surface area contributed by atoms with Gasteiger partial charge in [-0.1, -0.05) is 11.6 Å². The monoisotopic (exact) mass is 348 g/mol. The Balaban J connectivity index is 1.94. The van der Waals surface area contributed by atoms with Gasteiger partial charge in [0.2, 0.25) is 5.91 Å². The molecule has 0 aromatic heterocycles. The first-order valence-electron chi connectivity index (χ1n) is 6.90. The molecule has 0 saturated heterocycles. The number of benzene rings is 2. The number of methoxy groups -OCH3 is 1. The summed E-state index contributed by atoms with van der Waals surface area (Å²) in [7, 11) is 1.61. The lowest BCUT2D eigenvalue weighted by molar-refractivity contribution is -0.120. The van der Waals surface area contributed by atoms with Crippen LogP contribution >= 0.6 is 23.4 Å². The first-order valence-corrected chi connectivity index (χ1v) is 8.51. The molecule has 2 aromatic rings. The first kappa shape index (κ1) is 17.4. The molecule has 4 nitrogen and oxygen atoms in total. The van der Waals surface area contributed by atoms with Gasteiger partial charge < -0.3 is 4.74 Å². The molecule has 1 amide bonds. The van der Waals surface area contributed by atoms with Gasteiger partial charge in [-0.15, -0.1) is 11.8 Å². The van der Waals surface area contributed by atoms with E-state index >= 15 is 0 Å². The lowest BCUT2D eigenvalue weighted by Crippen LogP contribution is -2.20. The minimum absolute atomic E-state index is 0.188. The number of carbonyl (C=O) groups is 1. The number of nitrogens with one attached hydrogen (secondary N) is 1. The zero-order chi connectivity index (χ0) is 16.7. The molecule has 0 heterocycles. The summed E-state index contributed by atoms with van der Waals surface area (Å²) in [5.41, 5.74) is 4.29. The Kier molecular flexibility index (Phi) is 6.50. The van der Waals surface area contributed by atoms with Crippen molar-refractivity contribution in [3.8, 4) is 5.75 Å².